The average Bonchev–Trinajstić information content (AvgIpc) is 3.08. The Balaban J connectivity index is 1.63. The van der Waals surface area contributed by atoms with Crippen molar-refractivity contribution >= 4 is 22.4 Å². The van der Waals surface area contributed by atoms with Crippen LogP contribution in [-0.2, 0) is 0 Å². The Morgan fingerprint density at radius 3 is 2.62 bits per heavy atom. The molecule has 3 heterocycles. The number of hydrogen-bond acceptors (Lipinski definition) is 4. The molecular weight excluding hydrogens is 326 g/mol. The number of benzene rings is 1. The zero-order valence-electron chi connectivity index (χ0n) is 14.5. The molecule has 1 N–H and O–H groups in total. The third-order valence-corrected chi connectivity index (χ3v) is 4.33. The lowest BCUT2D eigenvalue weighted by molar-refractivity contribution is 0.102. The molecule has 0 saturated carbocycles. The Kier molecular flexibility index (Phi) is 3.93. The summed E-state index contributed by atoms with van der Waals surface area (Å²) in [5, 5.41) is 4.75. The van der Waals surface area contributed by atoms with Gasteiger partial charge in [-0.25, -0.2) is 9.97 Å². The minimum atomic E-state index is -0.160. The van der Waals surface area contributed by atoms with E-state index >= 15 is 0 Å². The number of nitrogens with zero attached hydrogens (tertiary/aromatic N) is 4. The smallest absolute Gasteiger partial charge is 0.256 e. The van der Waals surface area contributed by atoms with Gasteiger partial charge in [0.2, 0.25) is 0 Å². The van der Waals surface area contributed by atoms with Crippen LogP contribution in [0.4, 0.5) is 5.69 Å². The number of hydrogen-bond donors (Lipinski definition) is 1. The molecule has 6 nitrogen and oxygen atoms in total. The molecule has 0 fully saturated rings. The highest BCUT2D eigenvalue weighted by Crippen LogP contribution is 2.22. The molecule has 0 saturated heterocycles. The number of aromatic nitrogens is 4. The minimum absolute atomic E-state index is 0.160. The largest absolute Gasteiger partial charge is 0.321 e. The van der Waals surface area contributed by atoms with Crippen molar-refractivity contribution in [3.8, 4) is 5.82 Å². The van der Waals surface area contributed by atoms with Gasteiger partial charge in [0.1, 0.15) is 11.6 Å². The molecule has 1 aromatic carbocycles. The average molecular weight is 343 g/mol. The molecule has 3 aromatic heterocycles. The van der Waals surface area contributed by atoms with E-state index < -0.39 is 0 Å². The molecule has 26 heavy (non-hydrogen) atoms. The summed E-state index contributed by atoms with van der Waals surface area (Å²) in [6.45, 7) is 3.84. The number of nitrogens with one attached hydrogen (secondary N) is 1. The van der Waals surface area contributed by atoms with Gasteiger partial charge < -0.3 is 5.32 Å². The fourth-order valence-corrected chi connectivity index (χ4v) is 3.00. The van der Waals surface area contributed by atoms with E-state index in [9.17, 15) is 4.79 Å². The van der Waals surface area contributed by atoms with Crippen molar-refractivity contribution < 1.29 is 4.79 Å². The molecule has 0 unspecified atom stereocenters. The van der Waals surface area contributed by atoms with E-state index in [2.05, 4.69) is 20.3 Å². The first kappa shape index (κ1) is 16.0. The van der Waals surface area contributed by atoms with E-state index in [1.807, 2.05) is 54.9 Å². The van der Waals surface area contributed by atoms with Crippen LogP contribution in [0, 0.1) is 13.8 Å². The maximum atomic E-state index is 12.8. The number of fused-ring (bicyclic) bond motifs is 1. The van der Waals surface area contributed by atoms with Crippen LogP contribution in [0.1, 0.15) is 21.7 Å². The van der Waals surface area contributed by atoms with E-state index in [1.54, 1.807) is 24.8 Å². The molecule has 4 aromatic rings. The highest BCUT2D eigenvalue weighted by molar-refractivity contribution is 6.13. The fourth-order valence-electron chi connectivity index (χ4n) is 3.00. The summed E-state index contributed by atoms with van der Waals surface area (Å²) in [6, 6.07) is 9.45. The molecule has 0 aliphatic rings. The van der Waals surface area contributed by atoms with E-state index in [1.165, 1.54) is 0 Å². The molecule has 128 valence electrons. The quantitative estimate of drug-likeness (QED) is 0.616. The summed E-state index contributed by atoms with van der Waals surface area (Å²) in [5.41, 5.74) is 2.21. The van der Waals surface area contributed by atoms with Gasteiger partial charge >= 0.3 is 0 Å². The van der Waals surface area contributed by atoms with Crippen LogP contribution < -0.4 is 5.32 Å². The van der Waals surface area contributed by atoms with Crippen molar-refractivity contribution in [1.29, 1.82) is 0 Å². The molecule has 4 rings (SSSR count). The number of imidazole rings is 1. The Hall–Kier alpha value is -3.54. The van der Waals surface area contributed by atoms with Crippen molar-refractivity contribution in [2.24, 2.45) is 0 Å². The van der Waals surface area contributed by atoms with Gasteiger partial charge in [0, 0.05) is 30.2 Å². The standard InChI is InChI=1S/C20H17N5O/c1-13-3-4-15-11-21-8-7-17(15)19(13)20(26)24-16-5-6-18(23-12-16)25-10-9-22-14(25)2/h3-12H,1-2H3,(H,24,26). The first-order valence-corrected chi connectivity index (χ1v) is 8.24. The number of aryl methyl sites for hydroxylation is 2. The SMILES string of the molecule is Cc1ccc2cnccc2c1C(=O)Nc1ccc(-n2ccnc2C)nc1. The lowest BCUT2D eigenvalue weighted by Crippen LogP contribution is -2.14. The first-order valence-electron chi connectivity index (χ1n) is 8.24. The van der Waals surface area contributed by atoms with Crippen molar-refractivity contribution in [2.45, 2.75) is 13.8 Å². The highest BCUT2D eigenvalue weighted by atomic mass is 16.1. The van der Waals surface area contributed by atoms with Gasteiger partial charge in [-0.3, -0.25) is 14.3 Å². The number of amides is 1. The van der Waals surface area contributed by atoms with E-state index in [0.29, 0.717) is 11.3 Å². The van der Waals surface area contributed by atoms with Gasteiger partial charge in [0.05, 0.1) is 17.4 Å². The van der Waals surface area contributed by atoms with Crippen molar-refractivity contribution in [2.75, 3.05) is 5.32 Å². The third kappa shape index (κ3) is 2.82. The van der Waals surface area contributed by atoms with E-state index in [0.717, 1.165) is 28.0 Å². The van der Waals surface area contributed by atoms with Crippen LogP contribution >= 0.6 is 0 Å². The molecule has 0 radical (unpaired) electrons. The molecular formula is C20H17N5O. The summed E-state index contributed by atoms with van der Waals surface area (Å²) in [6.07, 6.45) is 8.68. The van der Waals surface area contributed by atoms with Gasteiger partial charge in [-0.1, -0.05) is 12.1 Å². The molecule has 1 amide bonds. The maximum Gasteiger partial charge on any atom is 0.256 e. The van der Waals surface area contributed by atoms with Crippen LogP contribution in [0.5, 0.6) is 0 Å². The van der Waals surface area contributed by atoms with E-state index in [-0.39, 0.29) is 5.91 Å². The predicted molar refractivity (Wildman–Crippen MR) is 101 cm³/mol. The predicted octanol–water partition coefficient (Wildman–Crippen LogP) is 3.68. The minimum Gasteiger partial charge on any atom is -0.321 e. The van der Waals surface area contributed by atoms with E-state index in [4.69, 9.17) is 0 Å². The number of rotatable bonds is 3. The third-order valence-electron chi connectivity index (χ3n) is 4.33. The van der Waals surface area contributed by atoms with Crippen molar-refractivity contribution in [3.63, 3.8) is 0 Å². The monoisotopic (exact) mass is 343 g/mol. The molecule has 6 heteroatoms. The number of carbonyl (C=O) groups excluding carboxylic acids is 1. The van der Waals surface area contributed by atoms with Gasteiger partial charge in [0.15, 0.2) is 0 Å². The van der Waals surface area contributed by atoms with Crippen LogP contribution in [0.2, 0.25) is 0 Å². The molecule has 0 spiro atoms. The topological polar surface area (TPSA) is 72.7 Å². The number of carbonyl (C=O) groups is 1. The summed E-state index contributed by atoms with van der Waals surface area (Å²) in [4.78, 5) is 25.6. The van der Waals surface area contributed by atoms with Crippen molar-refractivity contribution in [3.05, 3.63) is 78.3 Å². The number of anilines is 1. The van der Waals surface area contributed by atoms with Crippen LogP contribution in [0.15, 0.2) is 61.3 Å². The molecule has 0 atom stereocenters. The summed E-state index contributed by atoms with van der Waals surface area (Å²) in [7, 11) is 0. The second kappa shape index (κ2) is 6.40. The fraction of sp³-hybridized carbons (Fsp3) is 0.100. The van der Waals surface area contributed by atoms with Crippen molar-refractivity contribution in [1.82, 2.24) is 19.5 Å². The lowest BCUT2D eigenvalue weighted by Gasteiger charge is -2.11. The second-order valence-electron chi connectivity index (χ2n) is 6.06. The molecule has 0 aliphatic heterocycles. The zero-order chi connectivity index (χ0) is 18.1. The van der Waals surface area contributed by atoms with Gasteiger partial charge in [0.25, 0.3) is 5.91 Å². The van der Waals surface area contributed by atoms with Crippen LogP contribution in [-0.4, -0.2) is 25.4 Å². The molecule has 0 aliphatic carbocycles. The Bertz CT molecular complexity index is 1100. The Morgan fingerprint density at radius 2 is 1.88 bits per heavy atom. The maximum absolute atomic E-state index is 12.8. The summed E-state index contributed by atoms with van der Waals surface area (Å²) < 4.78 is 1.88. The summed E-state index contributed by atoms with van der Waals surface area (Å²) >= 11 is 0. The lowest BCUT2D eigenvalue weighted by atomic mass is 10.0. The molecule has 0 bridgehead atoms. The second-order valence-corrected chi connectivity index (χ2v) is 6.06. The normalized spacial score (nSPS) is 10.8. The Morgan fingerprint density at radius 1 is 1.00 bits per heavy atom. The van der Waals surface area contributed by atoms with Gasteiger partial charge in [-0.2, -0.15) is 0 Å². The summed E-state index contributed by atoms with van der Waals surface area (Å²) in [5.74, 6) is 1.45. The van der Waals surface area contributed by atoms with Crippen LogP contribution in [0.25, 0.3) is 16.6 Å². The zero-order valence-corrected chi connectivity index (χ0v) is 14.5. The van der Waals surface area contributed by atoms with Gasteiger partial charge in [-0.15, -0.1) is 0 Å². The van der Waals surface area contributed by atoms with Gasteiger partial charge in [-0.05, 0) is 43.0 Å². The number of pyridine rings is 2. The first-order chi connectivity index (χ1) is 12.6. The van der Waals surface area contributed by atoms with Crippen LogP contribution in [0.3, 0.4) is 0 Å². The highest BCUT2D eigenvalue weighted by Gasteiger charge is 2.14. The Labute approximate surface area is 150 Å².